The first-order valence-corrected chi connectivity index (χ1v) is 11.3. The second-order valence-electron chi connectivity index (χ2n) is 6.62. The molecule has 3 rings (SSSR count). The Bertz CT molecular complexity index is 906. The highest BCUT2D eigenvalue weighted by Gasteiger charge is 2.39. The maximum absolute atomic E-state index is 12.8. The third kappa shape index (κ3) is 4.69. The van der Waals surface area contributed by atoms with Gasteiger partial charge in [0.1, 0.15) is 23.5 Å². The summed E-state index contributed by atoms with van der Waals surface area (Å²) in [4.78, 5) is 12.7. The minimum atomic E-state index is -4.56. The van der Waals surface area contributed by atoms with E-state index in [1.54, 1.807) is 11.3 Å². The quantitative estimate of drug-likeness (QED) is 0.741. The third-order valence-corrected chi connectivity index (χ3v) is 7.11. The Morgan fingerprint density at radius 1 is 1.30 bits per heavy atom. The maximum Gasteiger partial charge on any atom is 0.402 e. The summed E-state index contributed by atoms with van der Waals surface area (Å²) in [5, 5.41) is 0.938. The molecule has 1 fully saturated rings. The van der Waals surface area contributed by atoms with Crippen LogP contribution in [-0.2, 0) is 16.4 Å². The molecule has 0 N–H and O–H groups in total. The molecule has 3 heterocycles. The molecule has 0 saturated carbocycles. The van der Waals surface area contributed by atoms with Gasteiger partial charge in [0.05, 0.1) is 11.6 Å². The van der Waals surface area contributed by atoms with Gasteiger partial charge in [-0.1, -0.05) is 6.92 Å². The first kappa shape index (κ1) is 20.3. The number of nitrogens with zero attached hydrogens (tertiary/aromatic N) is 4. The largest absolute Gasteiger partial charge is 0.402 e. The normalized spacial score (nSPS) is 17.2. The third-order valence-electron chi connectivity index (χ3n) is 4.64. The molecule has 1 aliphatic rings. The van der Waals surface area contributed by atoms with E-state index in [1.807, 2.05) is 11.0 Å². The summed E-state index contributed by atoms with van der Waals surface area (Å²) < 4.78 is 62.7. The number of halogens is 3. The van der Waals surface area contributed by atoms with Crippen molar-refractivity contribution in [1.29, 1.82) is 0 Å². The molecule has 0 aromatic carbocycles. The second-order valence-corrected chi connectivity index (χ2v) is 9.67. The average Bonchev–Trinajstić information content (AvgIpc) is 3.01. The van der Waals surface area contributed by atoms with Crippen molar-refractivity contribution in [3.8, 4) is 0 Å². The molecule has 1 saturated heterocycles. The van der Waals surface area contributed by atoms with Gasteiger partial charge in [0.25, 0.3) is 0 Å². The minimum absolute atomic E-state index is 0.319. The maximum atomic E-state index is 12.8. The lowest BCUT2D eigenvalue weighted by atomic mass is 10.0. The van der Waals surface area contributed by atoms with Crippen LogP contribution in [0.25, 0.3) is 10.2 Å². The average molecular weight is 422 g/mol. The summed E-state index contributed by atoms with van der Waals surface area (Å²) in [5.74, 6) is 0.760. The number of aromatic nitrogens is 2. The zero-order valence-electron chi connectivity index (χ0n) is 15.0. The molecule has 0 radical (unpaired) electrons. The summed E-state index contributed by atoms with van der Waals surface area (Å²) in [5.41, 5.74) is 0. The molecule has 0 unspecified atom stereocenters. The van der Waals surface area contributed by atoms with Crippen molar-refractivity contribution in [3.05, 3.63) is 17.3 Å². The monoisotopic (exact) mass is 422 g/mol. The lowest BCUT2D eigenvalue weighted by Crippen LogP contribution is -2.50. The molecular weight excluding hydrogens is 401 g/mol. The number of hydrogen-bond acceptors (Lipinski definition) is 6. The molecule has 27 heavy (non-hydrogen) atoms. The van der Waals surface area contributed by atoms with Crippen LogP contribution in [0.5, 0.6) is 0 Å². The van der Waals surface area contributed by atoms with Crippen molar-refractivity contribution in [3.63, 3.8) is 0 Å². The number of alkyl halides is 3. The van der Waals surface area contributed by atoms with Gasteiger partial charge in [-0.05, 0) is 25.3 Å². The van der Waals surface area contributed by atoms with E-state index >= 15 is 0 Å². The minimum Gasteiger partial charge on any atom is -0.356 e. The lowest BCUT2D eigenvalue weighted by molar-refractivity contribution is -0.139. The Hall–Kier alpha value is -1.46. The van der Waals surface area contributed by atoms with Crippen LogP contribution in [0.2, 0.25) is 0 Å². The van der Waals surface area contributed by atoms with Crippen LogP contribution in [0.1, 0.15) is 24.6 Å². The zero-order valence-corrected chi connectivity index (χ0v) is 16.7. The predicted octanol–water partition coefficient (Wildman–Crippen LogP) is 3.05. The molecule has 11 heteroatoms. The highest BCUT2D eigenvalue weighted by Crippen LogP contribution is 2.33. The number of hydrogen-bond donors (Lipinski definition) is 0. The molecule has 2 aromatic heterocycles. The lowest BCUT2D eigenvalue weighted by Gasteiger charge is -2.38. The molecule has 0 spiro atoms. The highest BCUT2D eigenvalue weighted by molar-refractivity contribution is 7.88. The second kappa shape index (κ2) is 7.51. The smallest absolute Gasteiger partial charge is 0.356 e. The van der Waals surface area contributed by atoms with E-state index in [2.05, 4.69) is 16.9 Å². The summed E-state index contributed by atoms with van der Waals surface area (Å²) in [6.45, 7) is 1.50. The highest BCUT2D eigenvalue weighted by atomic mass is 32.2. The van der Waals surface area contributed by atoms with Crippen LogP contribution in [0.15, 0.2) is 12.4 Å². The van der Waals surface area contributed by atoms with Crippen LogP contribution >= 0.6 is 11.3 Å². The standard InChI is InChI=1S/C16H21F3N4O2S2/c1-3-12-8-13-14(20-10-21-15(13)26-12)22-6-4-11(5-7-22)23(27(2,24)25)9-16(17,18)19/h8,10-11H,3-7,9H2,1-2H3. The molecule has 6 nitrogen and oxygen atoms in total. The number of aryl methyl sites for hydroxylation is 1. The number of rotatable bonds is 5. The topological polar surface area (TPSA) is 66.4 Å². The number of piperidine rings is 1. The molecule has 0 atom stereocenters. The van der Waals surface area contributed by atoms with E-state index < -0.39 is 28.8 Å². The van der Waals surface area contributed by atoms with Crippen LogP contribution < -0.4 is 4.90 Å². The molecule has 2 aromatic rings. The van der Waals surface area contributed by atoms with Gasteiger partial charge < -0.3 is 4.90 Å². The Morgan fingerprint density at radius 2 is 1.96 bits per heavy atom. The van der Waals surface area contributed by atoms with Gasteiger partial charge in [-0.3, -0.25) is 0 Å². The fourth-order valence-electron chi connectivity index (χ4n) is 3.38. The number of sulfonamides is 1. The Morgan fingerprint density at radius 3 is 2.52 bits per heavy atom. The molecule has 1 aliphatic heterocycles. The van der Waals surface area contributed by atoms with Gasteiger partial charge in [-0.2, -0.15) is 17.5 Å². The van der Waals surface area contributed by atoms with E-state index in [1.165, 1.54) is 11.2 Å². The molecular formula is C16H21F3N4O2S2. The Balaban J connectivity index is 1.78. The molecule has 0 amide bonds. The van der Waals surface area contributed by atoms with Gasteiger partial charge >= 0.3 is 6.18 Å². The van der Waals surface area contributed by atoms with Gasteiger partial charge in [-0.25, -0.2) is 18.4 Å². The fourth-order valence-corrected chi connectivity index (χ4v) is 5.44. The van der Waals surface area contributed by atoms with E-state index in [0.29, 0.717) is 30.2 Å². The van der Waals surface area contributed by atoms with Crippen LogP contribution in [0.4, 0.5) is 19.0 Å². The summed E-state index contributed by atoms with van der Waals surface area (Å²) in [7, 11) is -3.94. The number of anilines is 1. The van der Waals surface area contributed by atoms with Crippen LogP contribution in [-0.4, -0.2) is 60.8 Å². The van der Waals surface area contributed by atoms with Crippen molar-refractivity contribution >= 4 is 37.4 Å². The number of thiophene rings is 1. The summed E-state index contributed by atoms with van der Waals surface area (Å²) in [6, 6.07) is 1.39. The predicted molar refractivity (Wildman–Crippen MR) is 99.6 cm³/mol. The SMILES string of the molecule is CCc1cc2c(N3CCC(N(CC(F)(F)F)S(C)(=O)=O)CC3)ncnc2s1. The van der Waals surface area contributed by atoms with Crippen LogP contribution in [0.3, 0.4) is 0 Å². The van der Waals surface area contributed by atoms with Crippen LogP contribution in [0, 0.1) is 0 Å². The van der Waals surface area contributed by atoms with Crippen molar-refractivity contribution in [2.45, 2.75) is 38.4 Å². The van der Waals surface area contributed by atoms with Gasteiger partial charge in [0, 0.05) is 24.0 Å². The fraction of sp³-hybridized carbons (Fsp3) is 0.625. The first-order chi connectivity index (χ1) is 12.6. The van der Waals surface area contributed by atoms with Crippen molar-refractivity contribution in [2.75, 3.05) is 30.8 Å². The summed E-state index contributed by atoms with van der Waals surface area (Å²) >= 11 is 1.60. The van der Waals surface area contributed by atoms with Gasteiger partial charge in [0.2, 0.25) is 10.0 Å². The van der Waals surface area contributed by atoms with Gasteiger partial charge in [-0.15, -0.1) is 11.3 Å². The van der Waals surface area contributed by atoms with Crippen molar-refractivity contribution in [2.24, 2.45) is 0 Å². The Labute approximate surface area is 160 Å². The van der Waals surface area contributed by atoms with E-state index in [4.69, 9.17) is 0 Å². The first-order valence-electron chi connectivity index (χ1n) is 8.60. The number of fused-ring (bicyclic) bond motifs is 1. The zero-order chi connectivity index (χ0) is 19.8. The summed E-state index contributed by atoms with van der Waals surface area (Å²) in [6.07, 6.45) is -0.711. The van der Waals surface area contributed by atoms with Gasteiger partial charge in [0.15, 0.2) is 0 Å². The van der Waals surface area contributed by atoms with E-state index in [9.17, 15) is 21.6 Å². The molecule has 0 aliphatic carbocycles. The molecule has 0 bridgehead atoms. The van der Waals surface area contributed by atoms with Crippen molar-refractivity contribution < 1.29 is 21.6 Å². The van der Waals surface area contributed by atoms with E-state index in [0.717, 1.165) is 28.7 Å². The Kier molecular flexibility index (Phi) is 5.64. The molecule has 150 valence electrons. The van der Waals surface area contributed by atoms with E-state index in [-0.39, 0.29) is 0 Å². The van der Waals surface area contributed by atoms with Crippen molar-refractivity contribution in [1.82, 2.24) is 14.3 Å².